The van der Waals surface area contributed by atoms with Gasteiger partial charge in [-0.05, 0) is 48.5 Å². The molecule has 1 saturated heterocycles. The van der Waals surface area contributed by atoms with Crippen LogP contribution in [0.3, 0.4) is 0 Å². The van der Waals surface area contributed by atoms with Gasteiger partial charge in [0.15, 0.2) is 0 Å². The lowest BCUT2D eigenvalue weighted by molar-refractivity contribution is -0.127. The van der Waals surface area contributed by atoms with Crippen LogP contribution in [0.25, 0.3) is 10.8 Å². The summed E-state index contributed by atoms with van der Waals surface area (Å²) in [6.45, 7) is 3.26. The van der Waals surface area contributed by atoms with E-state index in [9.17, 15) is 14.4 Å². The number of rotatable bonds is 3. The fourth-order valence-electron chi connectivity index (χ4n) is 2.46. The van der Waals surface area contributed by atoms with E-state index < -0.39 is 17.1 Å². The normalized spacial score (nSPS) is 14.4. The minimum Gasteiger partial charge on any atom is -0.325 e. The lowest BCUT2D eigenvalue weighted by Gasteiger charge is -2.13. The largest absolute Gasteiger partial charge is 0.325 e. The third-order valence-corrected chi connectivity index (χ3v) is 4.82. The molecule has 1 fully saturated rings. The zero-order valence-electron chi connectivity index (χ0n) is 13.3. The molecular formula is C18H16N2O3S. The molecule has 0 radical (unpaired) electrons. The van der Waals surface area contributed by atoms with Crippen molar-refractivity contribution in [1.82, 2.24) is 4.90 Å². The summed E-state index contributed by atoms with van der Waals surface area (Å²) in [5, 5.41) is 4.40. The van der Waals surface area contributed by atoms with Gasteiger partial charge in [-0.15, -0.1) is 0 Å². The Labute approximate surface area is 143 Å². The number of carbonyl (C=O) groups is 3. The molecule has 0 aliphatic carbocycles. The van der Waals surface area contributed by atoms with E-state index in [1.807, 2.05) is 36.4 Å². The molecule has 3 rings (SSSR count). The Morgan fingerprint density at radius 2 is 1.79 bits per heavy atom. The van der Waals surface area contributed by atoms with Gasteiger partial charge in [0.1, 0.15) is 6.54 Å². The highest BCUT2D eigenvalue weighted by Crippen LogP contribution is 2.32. The molecule has 24 heavy (non-hydrogen) atoms. The van der Waals surface area contributed by atoms with Gasteiger partial charge in [0.25, 0.3) is 11.1 Å². The number of carbonyl (C=O) groups excluding carboxylic acids is 3. The minimum absolute atomic E-state index is 0.283. The Kier molecular flexibility index (Phi) is 4.40. The van der Waals surface area contributed by atoms with Crippen molar-refractivity contribution in [2.24, 2.45) is 0 Å². The highest BCUT2D eigenvalue weighted by Gasteiger charge is 2.36. The second-order valence-corrected chi connectivity index (χ2v) is 6.66. The van der Waals surface area contributed by atoms with E-state index in [0.29, 0.717) is 10.6 Å². The lowest BCUT2D eigenvalue weighted by atomic mass is 10.1. The molecule has 0 saturated carbocycles. The second-order valence-electron chi connectivity index (χ2n) is 5.70. The van der Waals surface area contributed by atoms with Gasteiger partial charge in [0.2, 0.25) is 5.91 Å². The quantitative estimate of drug-likeness (QED) is 0.864. The Bertz CT molecular complexity index is 885. The number of hydrogen-bond donors (Lipinski definition) is 1. The van der Waals surface area contributed by atoms with E-state index in [-0.39, 0.29) is 6.54 Å². The summed E-state index contributed by atoms with van der Waals surface area (Å²) in [4.78, 5) is 37.6. The van der Waals surface area contributed by atoms with Crippen molar-refractivity contribution in [3.8, 4) is 0 Å². The number of nitrogens with zero attached hydrogens (tertiary/aromatic N) is 1. The lowest BCUT2D eigenvalue weighted by Crippen LogP contribution is -2.36. The van der Waals surface area contributed by atoms with Gasteiger partial charge in [-0.2, -0.15) is 0 Å². The number of anilines is 1. The number of hydrogen-bond acceptors (Lipinski definition) is 4. The zero-order valence-corrected chi connectivity index (χ0v) is 14.1. The number of imide groups is 1. The van der Waals surface area contributed by atoms with E-state index in [2.05, 4.69) is 5.32 Å². The Balaban J connectivity index is 1.72. The van der Waals surface area contributed by atoms with Crippen LogP contribution in [0.5, 0.6) is 0 Å². The number of allylic oxidation sites excluding steroid dienone is 1. The summed E-state index contributed by atoms with van der Waals surface area (Å²) < 4.78 is 0. The van der Waals surface area contributed by atoms with Gasteiger partial charge in [-0.3, -0.25) is 19.3 Å². The summed E-state index contributed by atoms with van der Waals surface area (Å²) in [5.74, 6) is -0.804. The fourth-order valence-corrected chi connectivity index (χ4v) is 3.29. The van der Waals surface area contributed by atoms with Gasteiger partial charge >= 0.3 is 0 Å². The smallest absolute Gasteiger partial charge is 0.294 e. The summed E-state index contributed by atoms with van der Waals surface area (Å²) in [7, 11) is 0. The topological polar surface area (TPSA) is 66.5 Å². The third-order valence-electron chi connectivity index (χ3n) is 3.64. The highest BCUT2D eigenvalue weighted by molar-refractivity contribution is 8.18. The molecule has 1 aliphatic heterocycles. The molecule has 2 aromatic rings. The van der Waals surface area contributed by atoms with Crippen LogP contribution in [0.1, 0.15) is 13.8 Å². The predicted molar refractivity (Wildman–Crippen MR) is 95.7 cm³/mol. The molecule has 0 atom stereocenters. The van der Waals surface area contributed by atoms with Crippen LogP contribution in [0.2, 0.25) is 0 Å². The van der Waals surface area contributed by atoms with Crippen LogP contribution in [-0.2, 0) is 9.59 Å². The molecule has 2 aromatic carbocycles. The van der Waals surface area contributed by atoms with E-state index in [0.717, 1.165) is 33.0 Å². The van der Waals surface area contributed by atoms with E-state index >= 15 is 0 Å². The number of nitrogens with one attached hydrogen (secondary N) is 1. The highest BCUT2D eigenvalue weighted by atomic mass is 32.2. The third kappa shape index (κ3) is 3.19. The Hall–Kier alpha value is -2.60. The number of thioether (sulfide) groups is 1. The summed E-state index contributed by atoms with van der Waals surface area (Å²) in [6, 6.07) is 13.4. The second kappa shape index (κ2) is 6.49. The maximum Gasteiger partial charge on any atom is 0.294 e. The Morgan fingerprint density at radius 3 is 2.46 bits per heavy atom. The molecule has 6 heteroatoms. The van der Waals surface area contributed by atoms with Crippen LogP contribution in [0.15, 0.2) is 52.9 Å². The van der Waals surface area contributed by atoms with Gasteiger partial charge < -0.3 is 5.32 Å². The van der Waals surface area contributed by atoms with E-state index in [1.165, 1.54) is 0 Å². The van der Waals surface area contributed by atoms with Crippen molar-refractivity contribution >= 4 is 45.3 Å². The van der Waals surface area contributed by atoms with Crippen molar-refractivity contribution < 1.29 is 14.4 Å². The van der Waals surface area contributed by atoms with E-state index in [4.69, 9.17) is 0 Å². The zero-order chi connectivity index (χ0) is 17.3. The molecule has 1 N–H and O–H groups in total. The Morgan fingerprint density at radius 1 is 1.08 bits per heavy atom. The molecule has 0 unspecified atom stereocenters. The number of benzene rings is 2. The first-order valence-corrected chi connectivity index (χ1v) is 8.27. The molecule has 0 aromatic heterocycles. The SMILES string of the molecule is CC(C)=C1SC(=O)N(CC(=O)Nc2ccc3ccccc3c2)C1=O. The average Bonchev–Trinajstić information content (AvgIpc) is 2.83. The average molecular weight is 340 g/mol. The predicted octanol–water partition coefficient (Wildman–Crippen LogP) is 3.77. The maximum atomic E-state index is 12.2. The molecule has 3 amide bonds. The summed E-state index contributed by atoms with van der Waals surface area (Å²) in [6.07, 6.45) is 0. The van der Waals surface area contributed by atoms with Crippen LogP contribution < -0.4 is 5.32 Å². The number of fused-ring (bicyclic) bond motifs is 1. The van der Waals surface area contributed by atoms with Gasteiger partial charge in [0.05, 0.1) is 4.91 Å². The van der Waals surface area contributed by atoms with Crippen molar-refractivity contribution in [3.63, 3.8) is 0 Å². The molecule has 5 nitrogen and oxygen atoms in total. The van der Waals surface area contributed by atoms with Crippen LogP contribution in [0.4, 0.5) is 10.5 Å². The maximum absolute atomic E-state index is 12.2. The van der Waals surface area contributed by atoms with Crippen molar-refractivity contribution in [2.75, 3.05) is 11.9 Å². The number of amides is 3. The summed E-state index contributed by atoms with van der Waals surface area (Å²) >= 11 is 0.877. The molecular weight excluding hydrogens is 324 g/mol. The van der Waals surface area contributed by atoms with Crippen LogP contribution >= 0.6 is 11.8 Å². The first kappa shape index (κ1) is 16.3. The first-order valence-electron chi connectivity index (χ1n) is 7.45. The van der Waals surface area contributed by atoms with Crippen molar-refractivity contribution in [1.29, 1.82) is 0 Å². The standard InChI is InChI=1S/C18H16N2O3S/c1-11(2)16-17(22)20(18(23)24-16)10-15(21)19-14-8-7-12-5-3-4-6-13(12)9-14/h3-9H,10H2,1-2H3,(H,19,21). The molecule has 1 aliphatic rings. The van der Waals surface area contributed by atoms with Crippen molar-refractivity contribution in [2.45, 2.75) is 13.8 Å². The first-order chi connectivity index (χ1) is 11.5. The van der Waals surface area contributed by atoms with Crippen LogP contribution in [0, 0.1) is 0 Å². The molecule has 122 valence electrons. The van der Waals surface area contributed by atoms with Gasteiger partial charge in [0, 0.05) is 5.69 Å². The monoisotopic (exact) mass is 340 g/mol. The minimum atomic E-state index is -0.412. The van der Waals surface area contributed by atoms with Gasteiger partial charge in [-0.1, -0.05) is 35.9 Å². The van der Waals surface area contributed by atoms with Crippen molar-refractivity contribution in [3.05, 3.63) is 52.9 Å². The molecule has 1 heterocycles. The molecule has 0 spiro atoms. The van der Waals surface area contributed by atoms with Gasteiger partial charge in [-0.25, -0.2) is 0 Å². The van der Waals surface area contributed by atoms with Crippen LogP contribution in [-0.4, -0.2) is 28.5 Å². The summed E-state index contributed by atoms with van der Waals surface area (Å²) in [5.41, 5.74) is 1.41. The fraction of sp³-hybridized carbons (Fsp3) is 0.167. The van der Waals surface area contributed by atoms with E-state index in [1.54, 1.807) is 19.9 Å². The molecule has 0 bridgehead atoms.